The molecule has 1 amide bonds. The quantitative estimate of drug-likeness (QED) is 0.568. The molecule has 2 N–H and O–H groups in total. The van der Waals surface area contributed by atoms with Gasteiger partial charge >= 0.3 is 11.9 Å². The van der Waals surface area contributed by atoms with Crippen LogP contribution in [0.3, 0.4) is 0 Å². The highest BCUT2D eigenvalue weighted by molar-refractivity contribution is 5.96. The number of carbonyl (C=O) groups is 3. The number of carboxylic acids is 2. The number of fused-ring (bicyclic) bond motifs is 1. The molecular formula is C23H23N3O5. The Morgan fingerprint density at radius 3 is 2.32 bits per heavy atom. The van der Waals surface area contributed by atoms with E-state index in [0.29, 0.717) is 49.2 Å². The van der Waals surface area contributed by atoms with Crippen molar-refractivity contribution in [2.75, 3.05) is 26.2 Å². The second-order valence-electron chi connectivity index (χ2n) is 7.65. The SMILES string of the molecule is O=CN1CCN([C@@H](C(=O)O)c2cn(Cc3ccccc3)c3cc(C(=O)O)ccc23)CC1. The third kappa shape index (κ3) is 4.15. The summed E-state index contributed by atoms with van der Waals surface area (Å²) in [5, 5.41) is 20.2. The number of carboxylic acid groups (broad SMARTS) is 2. The highest BCUT2D eigenvalue weighted by Gasteiger charge is 2.32. The first kappa shape index (κ1) is 20.6. The van der Waals surface area contributed by atoms with E-state index in [9.17, 15) is 24.6 Å². The van der Waals surface area contributed by atoms with Crippen LogP contribution in [0.5, 0.6) is 0 Å². The zero-order chi connectivity index (χ0) is 22.0. The number of nitrogens with zero attached hydrogens (tertiary/aromatic N) is 3. The molecule has 4 rings (SSSR count). The minimum atomic E-state index is -1.03. The largest absolute Gasteiger partial charge is 0.480 e. The maximum Gasteiger partial charge on any atom is 0.335 e. The van der Waals surface area contributed by atoms with E-state index in [2.05, 4.69) is 0 Å². The molecule has 2 heterocycles. The Labute approximate surface area is 178 Å². The molecule has 2 aromatic carbocycles. The van der Waals surface area contributed by atoms with Crippen molar-refractivity contribution in [2.45, 2.75) is 12.6 Å². The van der Waals surface area contributed by atoms with Gasteiger partial charge in [0.15, 0.2) is 0 Å². The summed E-state index contributed by atoms with van der Waals surface area (Å²) in [7, 11) is 0. The van der Waals surface area contributed by atoms with Crippen LogP contribution in [0.4, 0.5) is 0 Å². The smallest absolute Gasteiger partial charge is 0.335 e. The van der Waals surface area contributed by atoms with Crippen LogP contribution in [-0.2, 0) is 16.1 Å². The first-order chi connectivity index (χ1) is 15.0. The number of aliphatic carboxylic acids is 1. The van der Waals surface area contributed by atoms with Crippen molar-refractivity contribution in [1.82, 2.24) is 14.4 Å². The summed E-state index contributed by atoms with van der Waals surface area (Å²) in [6.07, 6.45) is 2.60. The van der Waals surface area contributed by atoms with Crippen molar-refractivity contribution in [2.24, 2.45) is 0 Å². The summed E-state index contributed by atoms with van der Waals surface area (Å²) < 4.78 is 1.91. The van der Waals surface area contributed by atoms with Crippen molar-refractivity contribution in [3.05, 3.63) is 71.4 Å². The fourth-order valence-electron chi connectivity index (χ4n) is 4.17. The third-order valence-electron chi connectivity index (χ3n) is 5.75. The molecule has 0 aliphatic carbocycles. The Kier molecular flexibility index (Phi) is 5.73. The number of hydrogen-bond acceptors (Lipinski definition) is 4. The Balaban J connectivity index is 1.79. The number of amides is 1. The van der Waals surface area contributed by atoms with Crippen LogP contribution in [-0.4, -0.2) is 69.1 Å². The van der Waals surface area contributed by atoms with Crippen LogP contribution < -0.4 is 0 Å². The van der Waals surface area contributed by atoms with Gasteiger partial charge in [-0.1, -0.05) is 36.4 Å². The van der Waals surface area contributed by atoms with Crippen molar-refractivity contribution in [1.29, 1.82) is 0 Å². The van der Waals surface area contributed by atoms with Gasteiger partial charge in [-0.3, -0.25) is 14.5 Å². The van der Waals surface area contributed by atoms with Crippen LogP contribution in [0.15, 0.2) is 54.7 Å². The predicted molar refractivity (Wildman–Crippen MR) is 114 cm³/mol. The van der Waals surface area contributed by atoms with Crippen LogP contribution in [0, 0.1) is 0 Å². The van der Waals surface area contributed by atoms with E-state index in [1.54, 1.807) is 17.0 Å². The van der Waals surface area contributed by atoms with E-state index >= 15 is 0 Å². The first-order valence-corrected chi connectivity index (χ1v) is 10.0. The lowest BCUT2D eigenvalue weighted by molar-refractivity contribution is -0.144. The van der Waals surface area contributed by atoms with Crippen LogP contribution in [0.2, 0.25) is 0 Å². The lowest BCUT2D eigenvalue weighted by Crippen LogP contribution is -2.48. The molecule has 31 heavy (non-hydrogen) atoms. The maximum absolute atomic E-state index is 12.3. The van der Waals surface area contributed by atoms with Gasteiger partial charge in [0.25, 0.3) is 0 Å². The Bertz CT molecular complexity index is 1120. The summed E-state index contributed by atoms with van der Waals surface area (Å²) in [6, 6.07) is 13.6. The second kappa shape index (κ2) is 8.61. The molecule has 1 atom stereocenters. The van der Waals surface area contributed by atoms with E-state index in [0.717, 1.165) is 12.0 Å². The van der Waals surface area contributed by atoms with Crippen molar-refractivity contribution in [3.8, 4) is 0 Å². The summed E-state index contributed by atoms with van der Waals surface area (Å²) in [4.78, 5) is 38.3. The summed E-state index contributed by atoms with van der Waals surface area (Å²) in [6.45, 7) is 2.34. The number of rotatable bonds is 7. The molecule has 1 aromatic heterocycles. The van der Waals surface area contributed by atoms with Gasteiger partial charge in [0.2, 0.25) is 6.41 Å². The molecule has 3 aromatic rings. The van der Waals surface area contributed by atoms with E-state index in [-0.39, 0.29) is 5.56 Å². The zero-order valence-corrected chi connectivity index (χ0v) is 16.8. The van der Waals surface area contributed by atoms with E-state index in [1.807, 2.05) is 46.0 Å². The number of benzene rings is 2. The van der Waals surface area contributed by atoms with Gasteiger partial charge in [-0.15, -0.1) is 0 Å². The topological polar surface area (TPSA) is 103 Å². The van der Waals surface area contributed by atoms with E-state index < -0.39 is 18.0 Å². The minimum Gasteiger partial charge on any atom is -0.480 e. The number of aromatic nitrogens is 1. The number of aromatic carboxylic acids is 1. The lowest BCUT2D eigenvalue weighted by atomic mass is 10.0. The fourth-order valence-corrected chi connectivity index (χ4v) is 4.17. The Morgan fingerprint density at radius 2 is 1.71 bits per heavy atom. The average molecular weight is 421 g/mol. The van der Waals surface area contributed by atoms with Crippen LogP contribution in [0.25, 0.3) is 10.9 Å². The Morgan fingerprint density at radius 1 is 1.00 bits per heavy atom. The normalized spacial score (nSPS) is 15.7. The molecule has 160 valence electrons. The molecule has 0 radical (unpaired) electrons. The Hall–Kier alpha value is -3.65. The van der Waals surface area contributed by atoms with E-state index in [4.69, 9.17) is 0 Å². The molecule has 8 heteroatoms. The number of carbonyl (C=O) groups excluding carboxylic acids is 1. The van der Waals surface area contributed by atoms with Gasteiger partial charge < -0.3 is 19.7 Å². The van der Waals surface area contributed by atoms with Gasteiger partial charge in [-0.05, 0) is 17.7 Å². The number of piperazine rings is 1. The predicted octanol–water partition coefficient (Wildman–Crippen LogP) is 2.29. The molecule has 0 saturated carbocycles. The van der Waals surface area contributed by atoms with Gasteiger partial charge in [-0.2, -0.15) is 0 Å². The molecule has 0 spiro atoms. The summed E-state index contributed by atoms with van der Waals surface area (Å²) >= 11 is 0. The monoisotopic (exact) mass is 421 g/mol. The van der Waals surface area contributed by atoms with Crippen molar-refractivity contribution in [3.63, 3.8) is 0 Å². The number of hydrogen-bond donors (Lipinski definition) is 2. The lowest BCUT2D eigenvalue weighted by Gasteiger charge is -2.36. The molecule has 1 saturated heterocycles. The summed E-state index contributed by atoms with van der Waals surface area (Å²) in [5.41, 5.74) is 2.47. The first-order valence-electron chi connectivity index (χ1n) is 10.0. The fraction of sp³-hybridized carbons (Fsp3) is 0.261. The average Bonchev–Trinajstić information content (AvgIpc) is 3.12. The zero-order valence-electron chi connectivity index (χ0n) is 16.8. The van der Waals surface area contributed by atoms with Gasteiger partial charge in [0, 0.05) is 55.4 Å². The van der Waals surface area contributed by atoms with Crippen LogP contribution >= 0.6 is 0 Å². The van der Waals surface area contributed by atoms with E-state index in [1.165, 1.54) is 6.07 Å². The highest BCUT2D eigenvalue weighted by atomic mass is 16.4. The van der Waals surface area contributed by atoms with Crippen molar-refractivity contribution >= 4 is 29.3 Å². The molecule has 1 fully saturated rings. The molecule has 1 aliphatic rings. The van der Waals surface area contributed by atoms with Gasteiger partial charge in [0.1, 0.15) is 6.04 Å². The van der Waals surface area contributed by atoms with Crippen molar-refractivity contribution < 1.29 is 24.6 Å². The second-order valence-corrected chi connectivity index (χ2v) is 7.65. The van der Waals surface area contributed by atoms with Gasteiger partial charge in [-0.25, -0.2) is 4.79 Å². The summed E-state index contributed by atoms with van der Waals surface area (Å²) in [5.74, 6) is -2.00. The van der Waals surface area contributed by atoms with Gasteiger partial charge in [0.05, 0.1) is 5.56 Å². The maximum atomic E-state index is 12.3. The minimum absolute atomic E-state index is 0.151. The molecule has 1 aliphatic heterocycles. The third-order valence-corrected chi connectivity index (χ3v) is 5.75. The molecular weight excluding hydrogens is 398 g/mol. The molecule has 0 bridgehead atoms. The highest BCUT2D eigenvalue weighted by Crippen LogP contribution is 2.32. The molecule has 0 unspecified atom stereocenters. The molecule has 8 nitrogen and oxygen atoms in total. The van der Waals surface area contributed by atoms with Crippen LogP contribution in [0.1, 0.15) is 27.5 Å². The standard InChI is InChI=1S/C23H23N3O5/c27-15-24-8-10-25(11-9-24)21(23(30)31)19-14-26(13-16-4-2-1-3-5-16)20-12-17(22(28)29)6-7-18(19)20/h1-7,12,14-15,21H,8-11,13H2,(H,28,29)(H,30,31)/t21-/m1/s1.